The molecule has 0 aliphatic carbocycles. The van der Waals surface area contributed by atoms with Crippen LogP contribution in [0.15, 0.2) is 60.7 Å². The van der Waals surface area contributed by atoms with Crippen molar-refractivity contribution in [2.45, 2.75) is 12.8 Å². The SMILES string of the molecule is Nc1cc(N)c(Cc2ccc(O)cc2)cc1Cc1ccc(O)cc1. The molecule has 4 heteroatoms. The van der Waals surface area contributed by atoms with E-state index in [1.807, 2.05) is 30.3 Å². The van der Waals surface area contributed by atoms with E-state index in [0.717, 1.165) is 22.3 Å². The Hall–Kier alpha value is -3.14. The van der Waals surface area contributed by atoms with Gasteiger partial charge in [-0.15, -0.1) is 0 Å². The van der Waals surface area contributed by atoms with Crippen LogP contribution in [0.5, 0.6) is 11.5 Å². The number of aromatic hydroxyl groups is 2. The summed E-state index contributed by atoms with van der Waals surface area (Å²) in [4.78, 5) is 0. The second-order valence-electron chi connectivity index (χ2n) is 5.94. The molecule has 0 bridgehead atoms. The first-order valence-electron chi connectivity index (χ1n) is 7.74. The van der Waals surface area contributed by atoms with Gasteiger partial charge >= 0.3 is 0 Å². The molecule has 0 heterocycles. The van der Waals surface area contributed by atoms with Crippen molar-refractivity contribution in [3.8, 4) is 11.5 Å². The van der Waals surface area contributed by atoms with Crippen molar-refractivity contribution in [1.82, 2.24) is 0 Å². The quantitative estimate of drug-likeness (QED) is 0.554. The van der Waals surface area contributed by atoms with Crippen LogP contribution in [0.25, 0.3) is 0 Å². The Balaban J connectivity index is 1.87. The topological polar surface area (TPSA) is 92.5 Å². The van der Waals surface area contributed by atoms with E-state index in [2.05, 4.69) is 0 Å². The van der Waals surface area contributed by atoms with Gasteiger partial charge in [-0.3, -0.25) is 0 Å². The fourth-order valence-electron chi connectivity index (χ4n) is 2.70. The van der Waals surface area contributed by atoms with Gasteiger partial charge in [0.05, 0.1) is 0 Å². The van der Waals surface area contributed by atoms with Gasteiger partial charge in [-0.1, -0.05) is 30.3 Å². The summed E-state index contributed by atoms with van der Waals surface area (Å²) in [6.45, 7) is 0. The predicted octanol–water partition coefficient (Wildman–Crippen LogP) is 3.44. The molecule has 6 N–H and O–H groups in total. The summed E-state index contributed by atoms with van der Waals surface area (Å²) < 4.78 is 0. The Labute approximate surface area is 141 Å². The molecule has 3 aromatic rings. The summed E-state index contributed by atoms with van der Waals surface area (Å²) in [6.07, 6.45) is 1.35. The highest BCUT2D eigenvalue weighted by atomic mass is 16.3. The molecule has 0 radical (unpaired) electrons. The number of rotatable bonds is 4. The smallest absolute Gasteiger partial charge is 0.115 e. The molecule has 0 saturated carbocycles. The summed E-state index contributed by atoms with van der Waals surface area (Å²) in [5.41, 5.74) is 17.7. The summed E-state index contributed by atoms with van der Waals surface area (Å²) in [5.74, 6) is 0.495. The van der Waals surface area contributed by atoms with E-state index >= 15 is 0 Å². The maximum atomic E-state index is 9.38. The molecule has 0 aromatic heterocycles. The standard InChI is InChI=1S/C20H20N2O2/c21-19-12-20(22)16(10-14-3-7-18(24)8-4-14)11-15(19)9-13-1-5-17(23)6-2-13/h1-8,11-12,23-24H,9-10,21-22H2. The zero-order valence-corrected chi connectivity index (χ0v) is 13.2. The number of phenolic OH excluding ortho intramolecular Hbond substituents is 2. The lowest BCUT2D eigenvalue weighted by Gasteiger charge is -2.12. The van der Waals surface area contributed by atoms with Gasteiger partial charge in [0.2, 0.25) is 0 Å². The molecule has 24 heavy (non-hydrogen) atoms. The molecule has 3 rings (SSSR count). The Bertz CT molecular complexity index is 772. The van der Waals surface area contributed by atoms with Crippen LogP contribution in [-0.4, -0.2) is 10.2 Å². The van der Waals surface area contributed by atoms with Crippen LogP contribution in [0.3, 0.4) is 0 Å². The number of hydrogen-bond donors (Lipinski definition) is 4. The molecule has 0 aliphatic heterocycles. The summed E-state index contributed by atoms with van der Waals surface area (Å²) in [7, 11) is 0. The lowest BCUT2D eigenvalue weighted by molar-refractivity contribution is 0.474. The predicted molar refractivity (Wildman–Crippen MR) is 97.1 cm³/mol. The van der Waals surface area contributed by atoms with Gasteiger partial charge in [0, 0.05) is 11.4 Å². The molecule has 0 fully saturated rings. The third kappa shape index (κ3) is 3.60. The van der Waals surface area contributed by atoms with Crippen molar-refractivity contribution in [2.75, 3.05) is 11.5 Å². The minimum Gasteiger partial charge on any atom is -0.508 e. The Morgan fingerprint density at radius 3 is 1.33 bits per heavy atom. The first kappa shape index (κ1) is 15.7. The molecule has 0 saturated heterocycles. The zero-order valence-electron chi connectivity index (χ0n) is 13.2. The molecule has 0 unspecified atom stereocenters. The number of nitrogens with two attached hydrogens (primary N) is 2. The number of phenols is 2. The van der Waals surface area contributed by atoms with E-state index in [0.29, 0.717) is 24.2 Å². The fourth-order valence-corrected chi connectivity index (χ4v) is 2.70. The van der Waals surface area contributed by atoms with E-state index in [9.17, 15) is 10.2 Å². The van der Waals surface area contributed by atoms with Crippen molar-refractivity contribution in [3.05, 3.63) is 82.9 Å². The minimum atomic E-state index is 0.247. The number of nitrogen functional groups attached to an aromatic ring is 2. The minimum absolute atomic E-state index is 0.247. The van der Waals surface area contributed by atoms with E-state index < -0.39 is 0 Å². The summed E-state index contributed by atoms with van der Waals surface area (Å²) in [6, 6.07) is 18.0. The van der Waals surface area contributed by atoms with Crippen molar-refractivity contribution in [2.24, 2.45) is 0 Å². The van der Waals surface area contributed by atoms with Crippen molar-refractivity contribution in [1.29, 1.82) is 0 Å². The fraction of sp³-hybridized carbons (Fsp3) is 0.100. The molecular weight excluding hydrogens is 300 g/mol. The average molecular weight is 320 g/mol. The molecular formula is C20H20N2O2. The van der Waals surface area contributed by atoms with Gasteiger partial charge in [0.25, 0.3) is 0 Å². The molecule has 0 atom stereocenters. The number of anilines is 2. The van der Waals surface area contributed by atoms with Crippen molar-refractivity contribution >= 4 is 11.4 Å². The van der Waals surface area contributed by atoms with Crippen LogP contribution in [-0.2, 0) is 12.8 Å². The van der Waals surface area contributed by atoms with E-state index in [1.54, 1.807) is 30.3 Å². The second kappa shape index (κ2) is 6.54. The lowest BCUT2D eigenvalue weighted by Crippen LogP contribution is -2.03. The molecule has 0 spiro atoms. The van der Waals surface area contributed by atoms with Crippen LogP contribution < -0.4 is 11.5 Å². The van der Waals surface area contributed by atoms with Gasteiger partial charge in [0.15, 0.2) is 0 Å². The molecule has 122 valence electrons. The first-order chi connectivity index (χ1) is 11.5. The number of hydrogen-bond acceptors (Lipinski definition) is 4. The second-order valence-corrected chi connectivity index (χ2v) is 5.94. The molecule has 0 aliphatic rings. The van der Waals surface area contributed by atoms with Gasteiger partial charge in [-0.2, -0.15) is 0 Å². The van der Waals surface area contributed by atoms with Crippen LogP contribution in [0.2, 0.25) is 0 Å². The molecule has 3 aromatic carbocycles. The highest BCUT2D eigenvalue weighted by Crippen LogP contribution is 2.26. The van der Waals surface area contributed by atoms with E-state index in [1.165, 1.54) is 0 Å². The van der Waals surface area contributed by atoms with Crippen LogP contribution in [0.4, 0.5) is 11.4 Å². The van der Waals surface area contributed by atoms with Crippen LogP contribution in [0, 0.1) is 0 Å². The third-order valence-corrected chi connectivity index (χ3v) is 4.06. The number of benzene rings is 3. The highest BCUT2D eigenvalue weighted by Gasteiger charge is 2.08. The van der Waals surface area contributed by atoms with Gasteiger partial charge in [0.1, 0.15) is 11.5 Å². The lowest BCUT2D eigenvalue weighted by atomic mass is 9.96. The van der Waals surface area contributed by atoms with Crippen molar-refractivity contribution in [3.63, 3.8) is 0 Å². The highest BCUT2D eigenvalue weighted by molar-refractivity contribution is 5.63. The summed E-state index contributed by atoms with van der Waals surface area (Å²) in [5, 5.41) is 18.8. The monoisotopic (exact) mass is 320 g/mol. The zero-order chi connectivity index (χ0) is 17.1. The first-order valence-corrected chi connectivity index (χ1v) is 7.74. The largest absolute Gasteiger partial charge is 0.508 e. The van der Waals surface area contributed by atoms with E-state index in [-0.39, 0.29) is 11.5 Å². The maximum absolute atomic E-state index is 9.38. The van der Waals surface area contributed by atoms with Gasteiger partial charge in [-0.05, 0) is 65.4 Å². The maximum Gasteiger partial charge on any atom is 0.115 e. The molecule has 4 nitrogen and oxygen atoms in total. The average Bonchev–Trinajstić information content (AvgIpc) is 2.56. The van der Waals surface area contributed by atoms with Crippen LogP contribution >= 0.6 is 0 Å². The Kier molecular flexibility index (Phi) is 4.29. The third-order valence-electron chi connectivity index (χ3n) is 4.06. The van der Waals surface area contributed by atoms with Crippen molar-refractivity contribution < 1.29 is 10.2 Å². The summed E-state index contributed by atoms with van der Waals surface area (Å²) >= 11 is 0. The van der Waals surface area contributed by atoms with Gasteiger partial charge in [-0.25, -0.2) is 0 Å². The van der Waals surface area contributed by atoms with E-state index in [4.69, 9.17) is 11.5 Å². The Morgan fingerprint density at radius 2 is 0.958 bits per heavy atom. The Morgan fingerprint density at radius 1 is 0.583 bits per heavy atom. The molecule has 0 amide bonds. The van der Waals surface area contributed by atoms with Crippen LogP contribution in [0.1, 0.15) is 22.3 Å². The van der Waals surface area contributed by atoms with Gasteiger partial charge < -0.3 is 21.7 Å². The normalized spacial score (nSPS) is 10.7.